The molecule has 1 radical (unpaired) electrons. The minimum absolute atomic E-state index is 0. The fourth-order valence-corrected chi connectivity index (χ4v) is 0.791. The first kappa shape index (κ1) is 26.0. The van der Waals surface area contributed by atoms with Gasteiger partial charge >= 0.3 is 25.8 Å². The van der Waals surface area contributed by atoms with Gasteiger partial charge in [-0.1, -0.05) is 20.0 Å². The summed E-state index contributed by atoms with van der Waals surface area (Å²) < 4.78 is 0. The Bertz CT molecular complexity index is 250. The van der Waals surface area contributed by atoms with E-state index in [2.05, 4.69) is 32.2 Å². The van der Waals surface area contributed by atoms with Crippen molar-refractivity contribution >= 4 is 9.52 Å². The first-order valence-electron chi connectivity index (χ1n) is 4.90. The van der Waals surface area contributed by atoms with Gasteiger partial charge in [-0.3, -0.25) is 0 Å². The van der Waals surface area contributed by atoms with Crippen molar-refractivity contribution in [3.8, 4) is 0 Å². The standard InChI is InChI=1S/C6H7.C5H5.C2H7Si.2ClH.Hf/c1-6-4-2-3-5-6;1-2-4-5-3-1;1-3-2;;;/h2-5H,1H3;1-5H;3H,1-2H3;2*1H;/q2*-1;;;;+4/p-2. The van der Waals surface area contributed by atoms with E-state index in [0.717, 1.165) is 9.52 Å². The van der Waals surface area contributed by atoms with Gasteiger partial charge in [-0.2, -0.15) is 35.9 Å². The molecule has 2 rings (SSSR count). The van der Waals surface area contributed by atoms with Crippen molar-refractivity contribution in [2.75, 3.05) is 0 Å². The molecule has 0 aromatic heterocycles. The Kier molecular flexibility index (Phi) is 33.1. The molecule has 0 unspecified atom stereocenters. The van der Waals surface area contributed by atoms with E-state index < -0.39 is 0 Å². The first-order valence-corrected chi connectivity index (χ1v) is 7.21. The minimum atomic E-state index is 0. The van der Waals surface area contributed by atoms with Gasteiger partial charge in [0.25, 0.3) is 0 Å². The third-order valence-corrected chi connectivity index (χ3v) is 1.38. The third-order valence-electron chi connectivity index (χ3n) is 1.38. The van der Waals surface area contributed by atoms with Gasteiger partial charge in [-0.25, -0.2) is 24.3 Å². The molecule has 93 valence electrons. The predicted octanol–water partition coefficient (Wildman–Crippen LogP) is -2.36. The molecule has 0 N–H and O–H groups in total. The summed E-state index contributed by atoms with van der Waals surface area (Å²) in [5.41, 5.74) is 1.34. The SMILES string of the molecule is C[SiH]C.C[c-]1cccc1.[Cl-].[Cl-].[Hf+4].c1cc[cH-]c1. The smallest absolute Gasteiger partial charge is 1.00 e. The van der Waals surface area contributed by atoms with Crippen LogP contribution in [0.2, 0.25) is 13.1 Å². The maximum absolute atomic E-state index is 2.21. The van der Waals surface area contributed by atoms with Crippen molar-refractivity contribution in [2.24, 2.45) is 0 Å². The molecule has 0 saturated heterocycles. The Morgan fingerprint density at radius 3 is 1.35 bits per heavy atom. The van der Waals surface area contributed by atoms with Crippen LogP contribution in [0.1, 0.15) is 5.56 Å². The number of hydrogen-bond acceptors (Lipinski definition) is 0. The second-order valence-electron chi connectivity index (χ2n) is 3.00. The Balaban J connectivity index is -0.0000000718. The van der Waals surface area contributed by atoms with Crippen LogP contribution < -0.4 is 24.8 Å². The van der Waals surface area contributed by atoms with Crippen molar-refractivity contribution < 1.29 is 50.7 Å². The van der Waals surface area contributed by atoms with E-state index in [1.54, 1.807) is 0 Å². The molecule has 4 heteroatoms. The molecule has 0 bridgehead atoms. The molecule has 0 aliphatic rings. The zero-order chi connectivity index (χ0) is 10.6. The van der Waals surface area contributed by atoms with Crippen LogP contribution in [0.5, 0.6) is 0 Å². The van der Waals surface area contributed by atoms with E-state index in [1.807, 2.05) is 42.5 Å². The van der Waals surface area contributed by atoms with Crippen molar-refractivity contribution in [3.63, 3.8) is 0 Å². The fourth-order valence-electron chi connectivity index (χ4n) is 0.791. The number of rotatable bonds is 0. The van der Waals surface area contributed by atoms with Gasteiger partial charge in [0.2, 0.25) is 0 Å². The van der Waals surface area contributed by atoms with E-state index in [0.29, 0.717) is 0 Å². The van der Waals surface area contributed by atoms with Gasteiger partial charge in [0.1, 0.15) is 0 Å². The molecule has 0 nitrogen and oxygen atoms in total. The number of halogens is 2. The van der Waals surface area contributed by atoms with Crippen molar-refractivity contribution in [1.82, 2.24) is 0 Å². The average Bonchev–Trinajstić information content (AvgIpc) is 2.78. The number of aryl methyl sites for hydroxylation is 1. The second kappa shape index (κ2) is 21.6. The summed E-state index contributed by atoms with van der Waals surface area (Å²) in [6.07, 6.45) is 0. The summed E-state index contributed by atoms with van der Waals surface area (Å²) in [5.74, 6) is 0. The van der Waals surface area contributed by atoms with Crippen molar-refractivity contribution in [3.05, 3.63) is 60.2 Å². The van der Waals surface area contributed by atoms with Gasteiger partial charge in [-0.05, 0) is 0 Å². The van der Waals surface area contributed by atoms with Crippen molar-refractivity contribution in [1.29, 1.82) is 0 Å². The third kappa shape index (κ3) is 22.1. The fraction of sp³-hybridized carbons (Fsp3) is 0.231. The van der Waals surface area contributed by atoms with E-state index >= 15 is 0 Å². The van der Waals surface area contributed by atoms with Crippen molar-refractivity contribution in [2.45, 2.75) is 20.0 Å². The Hall–Kier alpha value is 0.367. The zero-order valence-electron chi connectivity index (χ0n) is 10.5. The molecule has 0 saturated carbocycles. The van der Waals surface area contributed by atoms with Gasteiger partial charge in [-0.15, -0.1) is 0 Å². The predicted molar refractivity (Wildman–Crippen MR) is 67.7 cm³/mol. The van der Waals surface area contributed by atoms with E-state index in [4.69, 9.17) is 0 Å². The molecular formula is C13H19Cl2HfSi. The summed E-state index contributed by atoms with van der Waals surface area (Å²) in [7, 11) is 0.750. The van der Waals surface area contributed by atoms with Gasteiger partial charge < -0.3 is 24.8 Å². The Morgan fingerprint density at radius 1 is 0.882 bits per heavy atom. The molecular weight excluding hydrogens is 434 g/mol. The monoisotopic (exact) mass is 453 g/mol. The summed E-state index contributed by atoms with van der Waals surface area (Å²) in [6, 6.07) is 18.2. The second-order valence-corrected chi connectivity index (χ2v) is 4.16. The van der Waals surface area contributed by atoms with Crippen LogP contribution in [-0.2, 0) is 25.8 Å². The molecule has 2 aromatic carbocycles. The topological polar surface area (TPSA) is 0 Å². The molecule has 0 amide bonds. The van der Waals surface area contributed by atoms with E-state index in [1.165, 1.54) is 5.56 Å². The van der Waals surface area contributed by atoms with Crippen LogP contribution >= 0.6 is 0 Å². The zero-order valence-corrected chi connectivity index (χ0v) is 16.8. The summed E-state index contributed by atoms with van der Waals surface area (Å²) in [6.45, 7) is 6.50. The quantitative estimate of drug-likeness (QED) is 0.310. The first-order chi connectivity index (χ1) is 6.81. The normalized spacial score (nSPS) is 6.53. The molecule has 0 aliphatic heterocycles. The van der Waals surface area contributed by atoms with E-state index in [9.17, 15) is 0 Å². The average molecular weight is 453 g/mol. The molecule has 0 fully saturated rings. The van der Waals surface area contributed by atoms with Crippen LogP contribution in [0.3, 0.4) is 0 Å². The molecule has 0 aliphatic carbocycles. The largest absolute Gasteiger partial charge is 4.00 e. The molecule has 0 atom stereocenters. The van der Waals surface area contributed by atoms with Gasteiger partial charge in [0.05, 0.1) is 0 Å². The van der Waals surface area contributed by atoms with Crippen LogP contribution in [0, 0.1) is 6.92 Å². The van der Waals surface area contributed by atoms with Crippen LogP contribution in [0.4, 0.5) is 0 Å². The maximum atomic E-state index is 2.21. The Morgan fingerprint density at radius 2 is 1.24 bits per heavy atom. The van der Waals surface area contributed by atoms with Gasteiger partial charge in [0, 0.05) is 9.52 Å². The van der Waals surface area contributed by atoms with Crippen LogP contribution in [0.25, 0.3) is 0 Å². The number of hydrogen-bond donors (Lipinski definition) is 0. The Labute approximate surface area is 139 Å². The van der Waals surface area contributed by atoms with Crippen LogP contribution in [-0.4, -0.2) is 9.52 Å². The summed E-state index contributed by atoms with van der Waals surface area (Å²) in [4.78, 5) is 0. The minimum Gasteiger partial charge on any atom is -1.00 e. The van der Waals surface area contributed by atoms with Gasteiger partial charge in [0.15, 0.2) is 0 Å². The molecule has 2 aromatic rings. The summed E-state index contributed by atoms with van der Waals surface area (Å²) in [5, 5.41) is 0. The van der Waals surface area contributed by atoms with E-state index in [-0.39, 0.29) is 50.7 Å². The molecule has 17 heavy (non-hydrogen) atoms. The summed E-state index contributed by atoms with van der Waals surface area (Å²) >= 11 is 0. The van der Waals surface area contributed by atoms with Crippen LogP contribution in [0.15, 0.2) is 54.6 Å². The maximum Gasteiger partial charge on any atom is 4.00 e. The molecule has 0 heterocycles. The molecule has 0 spiro atoms.